The summed E-state index contributed by atoms with van der Waals surface area (Å²) in [7, 11) is 3.82. The van der Waals surface area contributed by atoms with Gasteiger partial charge in [-0.25, -0.2) is 0 Å². The molecule has 3 heteroatoms. The second-order valence-electron chi connectivity index (χ2n) is 3.17. The molecule has 0 aromatic carbocycles. The Morgan fingerprint density at radius 1 is 1.33 bits per heavy atom. The standard InChI is InChI=1S/C10H13N3.C2H6/c1-13(2)10(8-11)7-9-3-5-12-6-4-9;1-2/h3-6,10H,7H2,1-2H3;1-2H3. The molecule has 0 spiro atoms. The van der Waals surface area contributed by atoms with E-state index in [0.717, 1.165) is 12.0 Å². The topological polar surface area (TPSA) is 39.9 Å². The number of pyridine rings is 1. The molecule has 1 unspecified atom stereocenters. The average molecular weight is 205 g/mol. The fourth-order valence-electron chi connectivity index (χ4n) is 1.09. The molecule has 15 heavy (non-hydrogen) atoms. The highest BCUT2D eigenvalue weighted by molar-refractivity contribution is 5.13. The number of hydrogen-bond donors (Lipinski definition) is 0. The Hall–Kier alpha value is -1.40. The van der Waals surface area contributed by atoms with Gasteiger partial charge in [0.25, 0.3) is 0 Å². The molecular weight excluding hydrogens is 186 g/mol. The third-order valence-electron chi connectivity index (χ3n) is 1.95. The quantitative estimate of drug-likeness (QED) is 0.758. The van der Waals surface area contributed by atoms with Crippen molar-refractivity contribution >= 4 is 0 Å². The summed E-state index contributed by atoms with van der Waals surface area (Å²) in [6.07, 6.45) is 4.25. The third kappa shape index (κ3) is 5.14. The Balaban J connectivity index is 0.000000921. The van der Waals surface area contributed by atoms with Gasteiger partial charge in [0.05, 0.1) is 6.07 Å². The molecule has 0 aliphatic rings. The lowest BCUT2D eigenvalue weighted by atomic mass is 10.1. The lowest BCUT2D eigenvalue weighted by Crippen LogP contribution is -2.28. The zero-order valence-corrected chi connectivity index (χ0v) is 9.94. The van der Waals surface area contributed by atoms with E-state index in [1.54, 1.807) is 12.4 Å². The first-order valence-electron chi connectivity index (χ1n) is 5.19. The number of nitriles is 1. The predicted molar refractivity (Wildman–Crippen MR) is 62.4 cm³/mol. The van der Waals surface area contributed by atoms with Crippen LogP contribution in [0, 0.1) is 11.3 Å². The summed E-state index contributed by atoms with van der Waals surface area (Å²) < 4.78 is 0. The van der Waals surface area contributed by atoms with E-state index in [1.165, 1.54) is 0 Å². The Bertz CT molecular complexity index is 287. The number of nitrogens with zero attached hydrogens (tertiary/aromatic N) is 3. The largest absolute Gasteiger partial charge is 0.294 e. The van der Waals surface area contributed by atoms with Gasteiger partial charge in [-0.2, -0.15) is 5.26 Å². The second-order valence-corrected chi connectivity index (χ2v) is 3.17. The molecule has 82 valence electrons. The van der Waals surface area contributed by atoms with Gasteiger partial charge in [0, 0.05) is 18.8 Å². The Morgan fingerprint density at radius 2 is 1.87 bits per heavy atom. The second kappa shape index (κ2) is 7.95. The SMILES string of the molecule is CC.CN(C)C(C#N)Cc1ccncc1. The Kier molecular flexibility index (Phi) is 7.21. The zero-order chi connectivity index (χ0) is 11.7. The van der Waals surface area contributed by atoms with E-state index in [1.807, 2.05) is 45.0 Å². The van der Waals surface area contributed by atoms with Crippen molar-refractivity contribution in [2.45, 2.75) is 26.3 Å². The highest BCUT2D eigenvalue weighted by Gasteiger charge is 2.09. The minimum atomic E-state index is -0.0533. The Labute approximate surface area is 92.4 Å². The van der Waals surface area contributed by atoms with Crippen LogP contribution in [0.5, 0.6) is 0 Å². The molecule has 0 aliphatic heterocycles. The number of hydrogen-bond acceptors (Lipinski definition) is 3. The average Bonchev–Trinajstić information content (AvgIpc) is 2.29. The van der Waals surface area contributed by atoms with Crippen molar-refractivity contribution in [1.29, 1.82) is 5.26 Å². The van der Waals surface area contributed by atoms with Gasteiger partial charge in [0.1, 0.15) is 6.04 Å². The number of rotatable bonds is 3. The van der Waals surface area contributed by atoms with E-state index in [9.17, 15) is 0 Å². The lowest BCUT2D eigenvalue weighted by Gasteiger charge is -2.16. The molecule has 0 radical (unpaired) electrons. The van der Waals surface area contributed by atoms with Crippen LogP contribution in [0.4, 0.5) is 0 Å². The fraction of sp³-hybridized carbons (Fsp3) is 0.500. The molecule has 0 saturated heterocycles. The van der Waals surface area contributed by atoms with Crippen LogP contribution in [0.25, 0.3) is 0 Å². The molecule has 0 fully saturated rings. The number of likely N-dealkylation sites (N-methyl/N-ethyl adjacent to an activating group) is 1. The molecule has 1 rings (SSSR count). The monoisotopic (exact) mass is 205 g/mol. The van der Waals surface area contributed by atoms with Gasteiger partial charge >= 0.3 is 0 Å². The van der Waals surface area contributed by atoms with Gasteiger partial charge in [-0.1, -0.05) is 13.8 Å². The summed E-state index contributed by atoms with van der Waals surface area (Å²) in [6.45, 7) is 4.00. The summed E-state index contributed by atoms with van der Waals surface area (Å²) >= 11 is 0. The van der Waals surface area contributed by atoms with E-state index >= 15 is 0 Å². The zero-order valence-electron chi connectivity index (χ0n) is 9.94. The summed E-state index contributed by atoms with van der Waals surface area (Å²) in [4.78, 5) is 5.84. The highest BCUT2D eigenvalue weighted by Crippen LogP contribution is 2.04. The molecule has 0 aliphatic carbocycles. The van der Waals surface area contributed by atoms with Crippen LogP contribution in [0.2, 0.25) is 0 Å². The van der Waals surface area contributed by atoms with Crippen LogP contribution >= 0.6 is 0 Å². The van der Waals surface area contributed by atoms with Gasteiger partial charge in [-0.3, -0.25) is 9.88 Å². The maximum atomic E-state index is 8.85. The summed E-state index contributed by atoms with van der Waals surface area (Å²) in [6, 6.07) is 6.08. The fourth-order valence-corrected chi connectivity index (χ4v) is 1.09. The molecular formula is C12H19N3. The van der Waals surface area contributed by atoms with Crippen LogP contribution in [-0.4, -0.2) is 30.0 Å². The molecule has 1 atom stereocenters. The van der Waals surface area contributed by atoms with Crippen molar-refractivity contribution < 1.29 is 0 Å². The minimum Gasteiger partial charge on any atom is -0.294 e. The third-order valence-corrected chi connectivity index (χ3v) is 1.95. The van der Waals surface area contributed by atoms with Gasteiger partial charge in [-0.05, 0) is 31.8 Å². The van der Waals surface area contributed by atoms with Crippen molar-refractivity contribution in [1.82, 2.24) is 9.88 Å². The minimum absolute atomic E-state index is 0.0533. The van der Waals surface area contributed by atoms with Crippen LogP contribution in [0.3, 0.4) is 0 Å². The summed E-state index contributed by atoms with van der Waals surface area (Å²) in [5.74, 6) is 0. The maximum absolute atomic E-state index is 8.85. The number of aromatic nitrogens is 1. The van der Waals surface area contributed by atoms with Gasteiger partial charge < -0.3 is 0 Å². The van der Waals surface area contributed by atoms with Gasteiger partial charge in [0.2, 0.25) is 0 Å². The first-order valence-corrected chi connectivity index (χ1v) is 5.19. The van der Waals surface area contributed by atoms with Crippen LogP contribution in [0.15, 0.2) is 24.5 Å². The molecule has 1 aromatic heterocycles. The molecule has 1 aromatic rings. The van der Waals surface area contributed by atoms with Crippen molar-refractivity contribution in [3.8, 4) is 6.07 Å². The molecule has 0 saturated carbocycles. The van der Waals surface area contributed by atoms with Crippen molar-refractivity contribution in [2.24, 2.45) is 0 Å². The summed E-state index contributed by atoms with van der Waals surface area (Å²) in [5, 5.41) is 8.85. The van der Waals surface area contributed by atoms with Crippen molar-refractivity contribution in [3.63, 3.8) is 0 Å². The molecule has 0 bridgehead atoms. The lowest BCUT2D eigenvalue weighted by molar-refractivity contribution is 0.348. The van der Waals surface area contributed by atoms with Crippen molar-refractivity contribution in [2.75, 3.05) is 14.1 Å². The van der Waals surface area contributed by atoms with Crippen LogP contribution in [0.1, 0.15) is 19.4 Å². The predicted octanol–water partition coefficient (Wildman–Crippen LogP) is 2.10. The van der Waals surface area contributed by atoms with Crippen LogP contribution in [-0.2, 0) is 6.42 Å². The van der Waals surface area contributed by atoms with E-state index in [-0.39, 0.29) is 6.04 Å². The molecule has 1 heterocycles. The first-order chi connectivity index (χ1) is 7.24. The van der Waals surface area contributed by atoms with Crippen molar-refractivity contribution in [3.05, 3.63) is 30.1 Å². The van der Waals surface area contributed by atoms with E-state index in [4.69, 9.17) is 5.26 Å². The van der Waals surface area contributed by atoms with Gasteiger partial charge in [-0.15, -0.1) is 0 Å². The highest BCUT2D eigenvalue weighted by atomic mass is 15.1. The Morgan fingerprint density at radius 3 is 2.27 bits per heavy atom. The van der Waals surface area contributed by atoms with E-state index < -0.39 is 0 Å². The smallest absolute Gasteiger partial charge is 0.101 e. The molecule has 0 N–H and O–H groups in total. The maximum Gasteiger partial charge on any atom is 0.101 e. The normalized spacial score (nSPS) is 11.2. The van der Waals surface area contributed by atoms with Crippen LogP contribution < -0.4 is 0 Å². The van der Waals surface area contributed by atoms with Gasteiger partial charge in [0.15, 0.2) is 0 Å². The van der Waals surface area contributed by atoms with E-state index in [2.05, 4.69) is 11.1 Å². The first kappa shape index (κ1) is 13.6. The molecule has 3 nitrogen and oxygen atoms in total. The molecule has 0 amide bonds. The summed E-state index contributed by atoms with van der Waals surface area (Å²) in [5.41, 5.74) is 1.15. The van der Waals surface area contributed by atoms with E-state index in [0.29, 0.717) is 0 Å².